The summed E-state index contributed by atoms with van der Waals surface area (Å²) >= 11 is 0. The molecular weight excluding hydrogens is 336 g/mol. The molecule has 1 aliphatic heterocycles. The molecule has 0 aliphatic carbocycles. The molecular formula is C23H30N2O2. The zero-order valence-electron chi connectivity index (χ0n) is 16.5. The summed E-state index contributed by atoms with van der Waals surface area (Å²) in [6.45, 7) is 4.97. The van der Waals surface area contributed by atoms with Crippen LogP contribution in [-0.2, 0) is 22.4 Å². The largest absolute Gasteiger partial charge is 0.466 e. The van der Waals surface area contributed by atoms with E-state index in [4.69, 9.17) is 4.74 Å². The monoisotopic (exact) mass is 366 g/mol. The molecule has 0 saturated carbocycles. The number of carbonyl (C=O) groups excluding carboxylic acids is 1. The Morgan fingerprint density at radius 2 is 1.59 bits per heavy atom. The average molecular weight is 367 g/mol. The van der Waals surface area contributed by atoms with Crippen LogP contribution in [0.4, 0.5) is 11.4 Å². The fraction of sp³-hybridized carbons (Fsp3) is 0.435. The number of nitrogens with zero attached hydrogens (tertiary/aromatic N) is 2. The number of hydrogen-bond donors (Lipinski definition) is 0. The summed E-state index contributed by atoms with van der Waals surface area (Å²) < 4.78 is 5.01. The van der Waals surface area contributed by atoms with E-state index in [9.17, 15) is 4.79 Å². The van der Waals surface area contributed by atoms with E-state index in [1.165, 1.54) is 22.5 Å². The maximum atomic E-state index is 11.5. The number of anilines is 2. The maximum absolute atomic E-state index is 11.5. The first-order valence-electron chi connectivity index (χ1n) is 9.96. The third kappa shape index (κ3) is 5.10. The van der Waals surface area contributed by atoms with Crippen molar-refractivity contribution in [3.63, 3.8) is 0 Å². The lowest BCUT2D eigenvalue weighted by atomic mass is 10.0. The molecule has 3 rings (SSSR count). The van der Waals surface area contributed by atoms with Crippen LogP contribution in [0.25, 0.3) is 0 Å². The number of fused-ring (bicyclic) bond motifs is 2. The Kier molecular flexibility index (Phi) is 6.88. The van der Waals surface area contributed by atoms with Crippen LogP contribution in [0.15, 0.2) is 48.5 Å². The van der Waals surface area contributed by atoms with Gasteiger partial charge in [-0.15, -0.1) is 0 Å². The Balaban J connectivity index is 1.63. The van der Waals surface area contributed by atoms with Gasteiger partial charge in [-0.3, -0.25) is 4.79 Å². The molecule has 4 nitrogen and oxygen atoms in total. The van der Waals surface area contributed by atoms with E-state index >= 15 is 0 Å². The standard InChI is InChI=1S/C23H30N2O2/c1-3-27-23(26)15-18-24(2)16-8-17-25-21-11-6-4-9-19(21)13-14-20-10-5-7-12-22(20)25/h4-7,9-12H,3,8,13-18H2,1-2H3. The van der Waals surface area contributed by atoms with E-state index in [-0.39, 0.29) is 5.97 Å². The maximum Gasteiger partial charge on any atom is 0.307 e. The summed E-state index contributed by atoms with van der Waals surface area (Å²) in [5, 5.41) is 0. The molecule has 0 radical (unpaired) electrons. The Labute approximate surface area is 162 Å². The summed E-state index contributed by atoms with van der Waals surface area (Å²) in [5.74, 6) is -0.111. The van der Waals surface area contributed by atoms with Crippen molar-refractivity contribution in [3.8, 4) is 0 Å². The van der Waals surface area contributed by atoms with Crippen molar-refractivity contribution >= 4 is 17.3 Å². The molecule has 144 valence electrons. The SMILES string of the molecule is CCOC(=O)CCN(C)CCCN1c2ccccc2CCc2ccccc21. The van der Waals surface area contributed by atoms with Gasteiger partial charge in [0.15, 0.2) is 0 Å². The van der Waals surface area contributed by atoms with E-state index < -0.39 is 0 Å². The molecule has 1 heterocycles. The minimum Gasteiger partial charge on any atom is -0.466 e. The first-order chi connectivity index (χ1) is 13.2. The van der Waals surface area contributed by atoms with Gasteiger partial charge in [-0.1, -0.05) is 36.4 Å². The van der Waals surface area contributed by atoms with Crippen LogP contribution in [0.2, 0.25) is 0 Å². The molecule has 0 amide bonds. The van der Waals surface area contributed by atoms with Gasteiger partial charge in [-0.25, -0.2) is 0 Å². The number of aryl methyl sites for hydroxylation is 2. The lowest BCUT2D eigenvalue weighted by Gasteiger charge is -2.28. The first-order valence-corrected chi connectivity index (χ1v) is 9.96. The zero-order valence-corrected chi connectivity index (χ0v) is 16.5. The van der Waals surface area contributed by atoms with E-state index in [2.05, 4.69) is 65.4 Å². The number of benzene rings is 2. The second-order valence-electron chi connectivity index (χ2n) is 7.12. The minimum absolute atomic E-state index is 0.111. The topological polar surface area (TPSA) is 32.8 Å². The molecule has 27 heavy (non-hydrogen) atoms. The van der Waals surface area contributed by atoms with E-state index in [0.29, 0.717) is 13.0 Å². The smallest absolute Gasteiger partial charge is 0.307 e. The van der Waals surface area contributed by atoms with E-state index in [1.807, 2.05) is 6.92 Å². The number of esters is 1. The Hall–Kier alpha value is -2.33. The van der Waals surface area contributed by atoms with Crippen molar-refractivity contribution < 1.29 is 9.53 Å². The highest BCUT2D eigenvalue weighted by Crippen LogP contribution is 2.35. The third-order valence-electron chi connectivity index (χ3n) is 5.15. The lowest BCUT2D eigenvalue weighted by molar-refractivity contribution is -0.143. The lowest BCUT2D eigenvalue weighted by Crippen LogP contribution is -2.27. The van der Waals surface area contributed by atoms with Gasteiger partial charge in [0.2, 0.25) is 0 Å². The highest BCUT2D eigenvalue weighted by Gasteiger charge is 2.19. The van der Waals surface area contributed by atoms with Gasteiger partial charge in [0.05, 0.1) is 13.0 Å². The Morgan fingerprint density at radius 1 is 1.00 bits per heavy atom. The summed E-state index contributed by atoms with van der Waals surface area (Å²) in [7, 11) is 2.07. The molecule has 2 aromatic rings. The molecule has 4 heteroatoms. The van der Waals surface area contributed by atoms with Crippen LogP contribution in [-0.4, -0.2) is 44.2 Å². The third-order valence-corrected chi connectivity index (χ3v) is 5.15. The van der Waals surface area contributed by atoms with E-state index in [0.717, 1.165) is 38.9 Å². The van der Waals surface area contributed by atoms with Crippen molar-refractivity contribution in [2.75, 3.05) is 38.2 Å². The number of para-hydroxylation sites is 2. The molecule has 0 fully saturated rings. The molecule has 1 aliphatic rings. The summed E-state index contributed by atoms with van der Waals surface area (Å²) in [6, 6.07) is 17.5. The number of rotatable bonds is 8. The molecule has 0 atom stereocenters. The van der Waals surface area contributed by atoms with Gasteiger partial charge < -0.3 is 14.5 Å². The average Bonchev–Trinajstić information content (AvgIpc) is 2.84. The summed E-state index contributed by atoms with van der Waals surface area (Å²) in [4.78, 5) is 16.2. The van der Waals surface area contributed by atoms with Gasteiger partial charge in [-0.2, -0.15) is 0 Å². The van der Waals surface area contributed by atoms with Crippen LogP contribution in [0.5, 0.6) is 0 Å². The van der Waals surface area contributed by atoms with Crippen molar-refractivity contribution in [3.05, 3.63) is 59.7 Å². The normalized spacial score (nSPS) is 13.1. The highest BCUT2D eigenvalue weighted by molar-refractivity contribution is 5.71. The van der Waals surface area contributed by atoms with E-state index in [1.54, 1.807) is 0 Å². The van der Waals surface area contributed by atoms with Crippen molar-refractivity contribution in [2.24, 2.45) is 0 Å². The fourth-order valence-corrected chi connectivity index (χ4v) is 3.74. The summed E-state index contributed by atoms with van der Waals surface area (Å²) in [5.41, 5.74) is 5.50. The van der Waals surface area contributed by atoms with Crippen LogP contribution < -0.4 is 4.90 Å². The van der Waals surface area contributed by atoms with Gasteiger partial charge in [0.25, 0.3) is 0 Å². The summed E-state index contributed by atoms with van der Waals surface area (Å²) in [6.07, 6.45) is 3.67. The fourth-order valence-electron chi connectivity index (χ4n) is 3.74. The molecule has 0 saturated heterocycles. The second-order valence-corrected chi connectivity index (χ2v) is 7.12. The molecule has 0 bridgehead atoms. The van der Waals surface area contributed by atoms with Gasteiger partial charge in [0.1, 0.15) is 0 Å². The van der Waals surface area contributed by atoms with Crippen molar-refractivity contribution in [2.45, 2.75) is 32.6 Å². The van der Waals surface area contributed by atoms with Crippen molar-refractivity contribution in [1.29, 1.82) is 0 Å². The predicted octanol–water partition coefficient (Wildman–Crippen LogP) is 4.20. The molecule has 0 unspecified atom stereocenters. The number of carbonyl (C=O) groups is 1. The molecule has 0 aromatic heterocycles. The van der Waals surface area contributed by atoms with Gasteiger partial charge >= 0.3 is 5.97 Å². The number of ether oxygens (including phenoxy) is 1. The highest BCUT2D eigenvalue weighted by atomic mass is 16.5. The molecule has 2 aromatic carbocycles. The van der Waals surface area contributed by atoms with Crippen LogP contribution >= 0.6 is 0 Å². The Morgan fingerprint density at radius 3 is 2.19 bits per heavy atom. The minimum atomic E-state index is -0.111. The van der Waals surface area contributed by atoms with Crippen LogP contribution in [0.1, 0.15) is 30.9 Å². The zero-order chi connectivity index (χ0) is 19.1. The van der Waals surface area contributed by atoms with Gasteiger partial charge in [-0.05, 0) is 63.0 Å². The van der Waals surface area contributed by atoms with Crippen LogP contribution in [0, 0.1) is 0 Å². The quantitative estimate of drug-likeness (QED) is 0.656. The first kappa shape index (κ1) is 19.4. The molecule has 0 N–H and O–H groups in total. The predicted molar refractivity (Wildman–Crippen MR) is 111 cm³/mol. The van der Waals surface area contributed by atoms with Crippen molar-refractivity contribution in [1.82, 2.24) is 4.90 Å². The van der Waals surface area contributed by atoms with Gasteiger partial charge in [0, 0.05) is 24.5 Å². The van der Waals surface area contributed by atoms with Crippen LogP contribution in [0.3, 0.4) is 0 Å². The second kappa shape index (κ2) is 9.56. The Bertz CT molecular complexity index is 712. The number of hydrogen-bond acceptors (Lipinski definition) is 4. The molecule has 0 spiro atoms.